The summed E-state index contributed by atoms with van der Waals surface area (Å²) in [5.41, 5.74) is 0.731. The highest BCUT2D eigenvalue weighted by Crippen LogP contribution is 2.32. The van der Waals surface area contributed by atoms with Gasteiger partial charge in [-0.2, -0.15) is 4.31 Å². The van der Waals surface area contributed by atoms with Crippen LogP contribution in [-0.4, -0.2) is 30.4 Å². The Kier molecular flexibility index (Phi) is 5.07. The lowest BCUT2D eigenvalue weighted by Gasteiger charge is -2.23. The summed E-state index contributed by atoms with van der Waals surface area (Å²) < 4.78 is 27.2. The Morgan fingerprint density at radius 2 is 1.76 bits per heavy atom. The van der Waals surface area contributed by atoms with Crippen LogP contribution in [0.3, 0.4) is 0 Å². The van der Waals surface area contributed by atoms with Crippen LogP contribution in [0.4, 0.5) is 0 Å². The van der Waals surface area contributed by atoms with Gasteiger partial charge in [0.1, 0.15) is 0 Å². The second-order valence-corrected chi connectivity index (χ2v) is 8.17. The first-order chi connectivity index (χ1) is 9.82. The Balaban J connectivity index is 2.21. The molecule has 1 aliphatic carbocycles. The van der Waals surface area contributed by atoms with E-state index in [-0.39, 0.29) is 6.04 Å². The highest BCUT2D eigenvalue weighted by atomic mass is 32.2. The molecule has 1 unspecified atom stereocenters. The molecule has 1 aromatic carbocycles. The van der Waals surface area contributed by atoms with E-state index >= 15 is 0 Å². The minimum atomic E-state index is -3.42. The molecule has 2 rings (SSSR count). The highest BCUT2D eigenvalue weighted by Gasteiger charge is 2.37. The minimum Gasteiger partial charge on any atom is -0.389 e. The molecule has 1 fully saturated rings. The van der Waals surface area contributed by atoms with Crippen molar-refractivity contribution >= 4 is 10.0 Å². The molecular formula is C16H25NO3S. The molecule has 1 aliphatic rings. The summed E-state index contributed by atoms with van der Waals surface area (Å²) in [6.45, 7) is 6.47. The molecule has 118 valence electrons. The summed E-state index contributed by atoms with van der Waals surface area (Å²) in [6, 6.07) is 6.74. The zero-order valence-electron chi connectivity index (χ0n) is 13.0. The minimum absolute atomic E-state index is 0.171. The number of sulfonamides is 1. The van der Waals surface area contributed by atoms with E-state index < -0.39 is 16.1 Å². The molecule has 0 aliphatic heterocycles. The molecule has 0 bridgehead atoms. The van der Waals surface area contributed by atoms with E-state index in [4.69, 9.17) is 0 Å². The Bertz CT molecular complexity index is 560. The van der Waals surface area contributed by atoms with E-state index in [2.05, 4.69) is 13.8 Å². The van der Waals surface area contributed by atoms with Crippen LogP contribution < -0.4 is 0 Å². The summed E-state index contributed by atoms with van der Waals surface area (Å²) in [7, 11) is -3.42. The summed E-state index contributed by atoms with van der Waals surface area (Å²) >= 11 is 0. The van der Waals surface area contributed by atoms with Crippen molar-refractivity contribution in [1.29, 1.82) is 0 Å². The number of hydrogen-bond donors (Lipinski definition) is 1. The molecule has 0 heterocycles. The normalized spacial score (nSPS) is 17.4. The van der Waals surface area contributed by atoms with Gasteiger partial charge in [-0.15, -0.1) is 0 Å². The number of aliphatic hydroxyl groups is 1. The summed E-state index contributed by atoms with van der Waals surface area (Å²) in [4.78, 5) is 0.322. The molecule has 1 aromatic rings. The largest absolute Gasteiger partial charge is 0.389 e. The Hall–Kier alpha value is -0.910. The van der Waals surface area contributed by atoms with Crippen LogP contribution in [-0.2, 0) is 10.0 Å². The fourth-order valence-corrected chi connectivity index (χ4v) is 4.00. The van der Waals surface area contributed by atoms with Crippen molar-refractivity contribution in [3.63, 3.8) is 0 Å². The van der Waals surface area contributed by atoms with Gasteiger partial charge in [0.15, 0.2) is 0 Å². The molecular weight excluding hydrogens is 286 g/mol. The molecule has 0 radical (unpaired) electrons. The van der Waals surface area contributed by atoms with Crippen molar-refractivity contribution < 1.29 is 13.5 Å². The average molecular weight is 311 g/mol. The molecule has 1 atom stereocenters. The van der Waals surface area contributed by atoms with Crippen LogP contribution in [0.1, 0.15) is 51.7 Å². The van der Waals surface area contributed by atoms with Gasteiger partial charge in [-0.25, -0.2) is 8.42 Å². The van der Waals surface area contributed by atoms with Gasteiger partial charge < -0.3 is 5.11 Å². The third kappa shape index (κ3) is 4.05. The van der Waals surface area contributed by atoms with E-state index in [1.54, 1.807) is 35.5 Å². The van der Waals surface area contributed by atoms with Gasteiger partial charge in [0.05, 0.1) is 11.0 Å². The monoisotopic (exact) mass is 311 g/mol. The summed E-state index contributed by atoms with van der Waals surface area (Å²) in [5.74, 6) is 0.485. The maximum absolute atomic E-state index is 12.8. The lowest BCUT2D eigenvalue weighted by molar-refractivity contribution is 0.199. The van der Waals surface area contributed by atoms with Crippen molar-refractivity contribution in [2.45, 2.75) is 57.1 Å². The second-order valence-electron chi connectivity index (χ2n) is 6.27. The van der Waals surface area contributed by atoms with Gasteiger partial charge in [-0.05, 0) is 49.8 Å². The number of hydrogen-bond acceptors (Lipinski definition) is 3. The van der Waals surface area contributed by atoms with Crippen molar-refractivity contribution in [3.8, 4) is 0 Å². The van der Waals surface area contributed by atoms with Crippen LogP contribution in [0.25, 0.3) is 0 Å². The van der Waals surface area contributed by atoms with Gasteiger partial charge in [0.25, 0.3) is 0 Å². The van der Waals surface area contributed by atoms with Gasteiger partial charge in [-0.1, -0.05) is 26.0 Å². The zero-order valence-corrected chi connectivity index (χ0v) is 13.8. The van der Waals surface area contributed by atoms with Gasteiger partial charge >= 0.3 is 0 Å². The summed E-state index contributed by atoms with van der Waals surface area (Å²) in [5, 5.41) is 9.51. The smallest absolute Gasteiger partial charge is 0.243 e. The Labute approximate surface area is 127 Å². The van der Waals surface area contributed by atoms with E-state index in [1.807, 2.05) is 0 Å². The molecule has 0 saturated heterocycles. The van der Waals surface area contributed by atoms with Crippen LogP contribution in [0.15, 0.2) is 29.2 Å². The van der Waals surface area contributed by atoms with E-state index in [0.717, 1.165) is 24.8 Å². The fourth-order valence-electron chi connectivity index (χ4n) is 2.30. The van der Waals surface area contributed by atoms with E-state index in [9.17, 15) is 13.5 Å². The predicted octanol–water partition coefficient (Wildman–Crippen LogP) is 2.94. The van der Waals surface area contributed by atoms with Gasteiger partial charge in [0.2, 0.25) is 10.0 Å². The maximum atomic E-state index is 12.8. The number of benzene rings is 1. The molecule has 21 heavy (non-hydrogen) atoms. The lowest BCUT2D eigenvalue weighted by Crippen LogP contribution is -2.34. The highest BCUT2D eigenvalue weighted by molar-refractivity contribution is 7.89. The SMILES string of the molecule is CC(C)CCN(C1CC1)S(=O)(=O)c1ccc(C(C)O)cc1. The van der Waals surface area contributed by atoms with Crippen molar-refractivity contribution in [2.24, 2.45) is 5.92 Å². The van der Waals surface area contributed by atoms with E-state index in [0.29, 0.717) is 17.4 Å². The van der Waals surface area contributed by atoms with Gasteiger partial charge in [0, 0.05) is 12.6 Å². The van der Waals surface area contributed by atoms with E-state index in [1.165, 1.54) is 0 Å². The maximum Gasteiger partial charge on any atom is 0.243 e. The number of rotatable bonds is 7. The average Bonchev–Trinajstić information content (AvgIpc) is 3.23. The zero-order chi connectivity index (χ0) is 15.6. The molecule has 0 aromatic heterocycles. The molecule has 0 spiro atoms. The first-order valence-electron chi connectivity index (χ1n) is 7.62. The second kappa shape index (κ2) is 6.46. The Morgan fingerprint density at radius 3 is 2.19 bits per heavy atom. The molecule has 4 nitrogen and oxygen atoms in total. The first kappa shape index (κ1) is 16.5. The third-order valence-electron chi connectivity index (χ3n) is 3.85. The predicted molar refractivity (Wildman–Crippen MR) is 83.4 cm³/mol. The topological polar surface area (TPSA) is 57.6 Å². The van der Waals surface area contributed by atoms with Crippen LogP contribution in [0.2, 0.25) is 0 Å². The molecule has 1 N–H and O–H groups in total. The third-order valence-corrected chi connectivity index (χ3v) is 5.82. The van der Waals surface area contributed by atoms with Gasteiger partial charge in [-0.3, -0.25) is 0 Å². The molecule has 1 saturated carbocycles. The van der Waals surface area contributed by atoms with Crippen molar-refractivity contribution in [1.82, 2.24) is 4.31 Å². The van der Waals surface area contributed by atoms with Crippen LogP contribution >= 0.6 is 0 Å². The van der Waals surface area contributed by atoms with Crippen LogP contribution in [0.5, 0.6) is 0 Å². The summed E-state index contributed by atoms with van der Waals surface area (Å²) in [6.07, 6.45) is 2.22. The quantitative estimate of drug-likeness (QED) is 0.842. The fraction of sp³-hybridized carbons (Fsp3) is 0.625. The van der Waals surface area contributed by atoms with Crippen LogP contribution in [0, 0.1) is 5.92 Å². The first-order valence-corrected chi connectivity index (χ1v) is 9.06. The molecule has 0 amide bonds. The van der Waals surface area contributed by atoms with Crippen molar-refractivity contribution in [3.05, 3.63) is 29.8 Å². The molecule has 5 heteroatoms. The number of aliphatic hydroxyl groups excluding tert-OH is 1. The lowest BCUT2D eigenvalue weighted by atomic mass is 10.1. The number of nitrogens with zero attached hydrogens (tertiary/aromatic N) is 1. The Morgan fingerprint density at radius 1 is 1.19 bits per heavy atom. The van der Waals surface area contributed by atoms with Crippen molar-refractivity contribution in [2.75, 3.05) is 6.54 Å². The standard InChI is InChI=1S/C16H25NO3S/c1-12(2)10-11-17(15-6-7-15)21(19,20)16-8-4-14(5-9-16)13(3)18/h4-5,8-9,12-13,15,18H,6-7,10-11H2,1-3H3.